The van der Waals surface area contributed by atoms with Gasteiger partial charge in [0.2, 0.25) is 0 Å². The number of nitro groups is 1. The van der Waals surface area contributed by atoms with E-state index in [1.54, 1.807) is 12.1 Å². The van der Waals surface area contributed by atoms with Crippen LogP contribution in [0.4, 0.5) is 11.4 Å². The molecule has 1 aromatic heterocycles. The van der Waals surface area contributed by atoms with Gasteiger partial charge in [-0.1, -0.05) is 0 Å². The number of nitrogens with one attached hydrogen (secondary N) is 2. The molecule has 0 bridgehead atoms. The molecule has 1 aromatic carbocycles. The van der Waals surface area contributed by atoms with Gasteiger partial charge in [0, 0.05) is 36.6 Å². The maximum atomic E-state index is 10.6. The molecule has 122 valence electrons. The Labute approximate surface area is 139 Å². The zero-order valence-electron chi connectivity index (χ0n) is 13.1. The van der Waals surface area contributed by atoms with Gasteiger partial charge in [-0.05, 0) is 50.7 Å². The third-order valence-corrected chi connectivity index (χ3v) is 3.52. The van der Waals surface area contributed by atoms with Gasteiger partial charge in [0.1, 0.15) is 0 Å². The monoisotopic (exact) mass is 333 g/mol. The lowest BCUT2D eigenvalue weighted by molar-refractivity contribution is -0.384. The number of thiocarbonyl (C=S) groups is 1. The van der Waals surface area contributed by atoms with Crippen molar-refractivity contribution in [3.05, 3.63) is 51.8 Å². The number of hydrogen-bond donors (Lipinski definition) is 2. The van der Waals surface area contributed by atoms with E-state index in [9.17, 15) is 10.1 Å². The van der Waals surface area contributed by atoms with Crippen molar-refractivity contribution in [2.24, 2.45) is 0 Å². The second-order valence-electron chi connectivity index (χ2n) is 5.19. The maximum Gasteiger partial charge on any atom is 0.269 e. The Morgan fingerprint density at radius 3 is 2.61 bits per heavy atom. The lowest BCUT2D eigenvalue weighted by atomic mass is 10.3. The lowest BCUT2D eigenvalue weighted by Gasteiger charge is -2.10. The van der Waals surface area contributed by atoms with Gasteiger partial charge in [0.25, 0.3) is 5.69 Å². The first kappa shape index (κ1) is 16.9. The quantitative estimate of drug-likeness (QED) is 0.366. The number of aryl methyl sites for hydroxylation is 3. The molecule has 0 saturated carbocycles. The third-order valence-electron chi connectivity index (χ3n) is 3.27. The first-order chi connectivity index (χ1) is 11.0. The highest BCUT2D eigenvalue weighted by molar-refractivity contribution is 7.80. The van der Waals surface area contributed by atoms with Crippen molar-refractivity contribution >= 4 is 28.7 Å². The van der Waals surface area contributed by atoms with Crippen LogP contribution in [0.1, 0.15) is 17.8 Å². The number of nitrogens with zero attached hydrogens (tertiary/aromatic N) is 3. The minimum Gasteiger partial charge on any atom is -0.362 e. The van der Waals surface area contributed by atoms with Crippen molar-refractivity contribution in [2.75, 3.05) is 11.9 Å². The number of rotatable bonds is 6. The van der Waals surface area contributed by atoms with Crippen LogP contribution in [0.5, 0.6) is 0 Å². The van der Waals surface area contributed by atoms with Gasteiger partial charge in [-0.3, -0.25) is 14.8 Å². The van der Waals surface area contributed by atoms with Crippen LogP contribution in [0.2, 0.25) is 0 Å². The van der Waals surface area contributed by atoms with Crippen LogP contribution in [-0.2, 0) is 6.54 Å². The molecule has 2 aromatic rings. The van der Waals surface area contributed by atoms with Crippen LogP contribution in [0, 0.1) is 24.0 Å². The molecule has 0 aliphatic heterocycles. The van der Waals surface area contributed by atoms with Crippen molar-refractivity contribution in [2.45, 2.75) is 26.8 Å². The Morgan fingerprint density at radius 1 is 1.35 bits per heavy atom. The summed E-state index contributed by atoms with van der Waals surface area (Å²) in [6, 6.07) is 8.18. The molecule has 7 nitrogen and oxygen atoms in total. The zero-order valence-corrected chi connectivity index (χ0v) is 13.9. The summed E-state index contributed by atoms with van der Waals surface area (Å²) in [5, 5.41) is 21.6. The fourth-order valence-corrected chi connectivity index (χ4v) is 2.39. The molecule has 8 heteroatoms. The largest absolute Gasteiger partial charge is 0.362 e. The van der Waals surface area contributed by atoms with E-state index in [0.29, 0.717) is 10.8 Å². The normalized spacial score (nSPS) is 10.3. The summed E-state index contributed by atoms with van der Waals surface area (Å²) < 4.78 is 1.98. The molecule has 0 atom stereocenters. The van der Waals surface area contributed by atoms with Crippen LogP contribution in [-0.4, -0.2) is 26.4 Å². The SMILES string of the molecule is Cc1cc(C)n(CCCNC(=S)Nc2ccc([N+](=O)[O-])cc2)n1. The van der Waals surface area contributed by atoms with E-state index in [0.717, 1.165) is 30.9 Å². The molecule has 0 spiro atoms. The number of aromatic nitrogens is 2. The number of anilines is 1. The average Bonchev–Trinajstić information content (AvgIpc) is 2.82. The van der Waals surface area contributed by atoms with Gasteiger partial charge in [-0.25, -0.2) is 0 Å². The predicted molar refractivity (Wildman–Crippen MR) is 93.6 cm³/mol. The average molecular weight is 333 g/mol. The van der Waals surface area contributed by atoms with Gasteiger partial charge in [-0.2, -0.15) is 5.10 Å². The van der Waals surface area contributed by atoms with Gasteiger partial charge >= 0.3 is 0 Å². The Morgan fingerprint density at radius 2 is 2.04 bits per heavy atom. The van der Waals surface area contributed by atoms with Crippen molar-refractivity contribution in [1.29, 1.82) is 0 Å². The molecule has 0 aliphatic carbocycles. The molecule has 0 fully saturated rings. The second-order valence-corrected chi connectivity index (χ2v) is 5.60. The van der Waals surface area contributed by atoms with Gasteiger partial charge in [0.15, 0.2) is 5.11 Å². The summed E-state index contributed by atoms with van der Waals surface area (Å²) >= 11 is 5.20. The molecule has 0 aliphatic rings. The molecule has 0 radical (unpaired) electrons. The van der Waals surface area contributed by atoms with Crippen LogP contribution in [0.25, 0.3) is 0 Å². The maximum absolute atomic E-state index is 10.6. The highest BCUT2D eigenvalue weighted by atomic mass is 32.1. The van der Waals surface area contributed by atoms with Crippen LogP contribution >= 0.6 is 12.2 Å². The van der Waals surface area contributed by atoms with Gasteiger partial charge in [0.05, 0.1) is 10.6 Å². The van der Waals surface area contributed by atoms with E-state index in [-0.39, 0.29) is 5.69 Å². The Balaban J connectivity index is 1.72. The molecular formula is C15H19N5O2S. The fourth-order valence-electron chi connectivity index (χ4n) is 2.17. The van der Waals surface area contributed by atoms with Crippen molar-refractivity contribution < 1.29 is 4.92 Å². The Hall–Kier alpha value is -2.48. The summed E-state index contributed by atoms with van der Waals surface area (Å²) in [6.07, 6.45) is 0.893. The first-order valence-electron chi connectivity index (χ1n) is 7.26. The standard InChI is InChI=1S/C15H19N5O2S/c1-11-10-12(2)19(18-11)9-3-8-16-15(23)17-13-4-6-14(7-5-13)20(21)22/h4-7,10H,3,8-9H2,1-2H3,(H2,16,17,23). The second kappa shape index (κ2) is 7.68. The lowest BCUT2D eigenvalue weighted by Crippen LogP contribution is -2.29. The minimum atomic E-state index is -0.431. The summed E-state index contributed by atoms with van der Waals surface area (Å²) in [5.74, 6) is 0. The smallest absolute Gasteiger partial charge is 0.269 e. The summed E-state index contributed by atoms with van der Waals surface area (Å²) in [5.41, 5.74) is 2.94. The van der Waals surface area contributed by atoms with Crippen LogP contribution < -0.4 is 10.6 Å². The number of benzene rings is 1. The molecule has 0 saturated heterocycles. The Bertz CT molecular complexity index is 696. The number of hydrogen-bond acceptors (Lipinski definition) is 4. The van der Waals surface area contributed by atoms with E-state index < -0.39 is 4.92 Å². The zero-order chi connectivity index (χ0) is 16.8. The predicted octanol–water partition coefficient (Wildman–Crippen LogP) is 2.78. The molecule has 0 amide bonds. The number of nitro benzene ring substituents is 1. The van der Waals surface area contributed by atoms with Gasteiger partial charge in [-0.15, -0.1) is 0 Å². The molecular weight excluding hydrogens is 314 g/mol. The third kappa shape index (κ3) is 5.03. The highest BCUT2D eigenvalue weighted by Gasteiger charge is 2.05. The topological polar surface area (TPSA) is 85.0 Å². The molecule has 23 heavy (non-hydrogen) atoms. The van der Waals surface area contributed by atoms with E-state index in [2.05, 4.69) is 15.7 Å². The van der Waals surface area contributed by atoms with E-state index in [4.69, 9.17) is 12.2 Å². The molecule has 1 heterocycles. The summed E-state index contributed by atoms with van der Waals surface area (Å²) in [4.78, 5) is 10.2. The van der Waals surface area contributed by atoms with Crippen molar-refractivity contribution in [3.63, 3.8) is 0 Å². The van der Waals surface area contributed by atoms with E-state index >= 15 is 0 Å². The fraction of sp³-hybridized carbons (Fsp3) is 0.333. The Kier molecular flexibility index (Phi) is 5.64. The summed E-state index contributed by atoms with van der Waals surface area (Å²) in [6.45, 7) is 5.56. The van der Waals surface area contributed by atoms with Crippen molar-refractivity contribution in [3.8, 4) is 0 Å². The first-order valence-corrected chi connectivity index (χ1v) is 7.67. The number of non-ortho nitro benzene ring substituents is 1. The highest BCUT2D eigenvalue weighted by Crippen LogP contribution is 2.15. The van der Waals surface area contributed by atoms with E-state index in [1.807, 2.05) is 24.6 Å². The molecule has 0 unspecified atom stereocenters. The van der Waals surface area contributed by atoms with Crippen molar-refractivity contribution in [1.82, 2.24) is 15.1 Å². The molecule has 2 rings (SSSR count). The van der Waals surface area contributed by atoms with Crippen LogP contribution in [0.15, 0.2) is 30.3 Å². The van der Waals surface area contributed by atoms with Crippen LogP contribution in [0.3, 0.4) is 0 Å². The minimum absolute atomic E-state index is 0.0549. The van der Waals surface area contributed by atoms with Gasteiger partial charge < -0.3 is 10.6 Å². The van der Waals surface area contributed by atoms with E-state index in [1.165, 1.54) is 12.1 Å². The summed E-state index contributed by atoms with van der Waals surface area (Å²) in [7, 11) is 0. The molecule has 2 N–H and O–H groups in total.